The summed E-state index contributed by atoms with van der Waals surface area (Å²) in [6, 6.07) is 3.44. The zero-order chi connectivity index (χ0) is 19.4. The molecule has 0 aromatic carbocycles. The first-order chi connectivity index (χ1) is 13.0. The van der Waals surface area contributed by atoms with Crippen molar-refractivity contribution in [2.24, 2.45) is 5.92 Å². The Balaban J connectivity index is 1.54. The molecule has 2 aromatic rings. The number of furan rings is 1. The number of hydrazine groups is 1. The minimum Gasteiger partial charge on any atom is -0.472 e. The minimum absolute atomic E-state index is 0.147. The second kappa shape index (κ2) is 8.39. The van der Waals surface area contributed by atoms with Crippen LogP contribution in [0, 0.1) is 12.8 Å². The Morgan fingerprint density at radius 1 is 1.33 bits per heavy atom. The van der Waals surface area contributed by atoms with E-state index in [9.17, 15) is 14.4 Å². The molecule has 1 aliphatic rings. The van der Waals surface area contributed by atoms with E-state index in [0.717, 1.165) is 23.3 Å². The predicted octanol–water partition coefficient (Wildman–Crippen LogP) is 2.53. The summed E-state index contributed by atoms with van der Waals surface area (Å²) in [5.41, 5.74) is 6.55. The SMILES string of the molecule is CCc1sc(C(=O)NNC(=O)[C@H]2CCCN(C(=O)c3ccoc3)C2)cc1C. The van der Waals surface area contributed by atoms with Gasteiger partial charge in [-0.1, -0.05) is 6.92 Å². The molecule has 0 bridgehead atoms. The van der Waals surface area contributed by atoms with Gasteiger partial charge in [-0.15, -0.1) is 11.3 Å². The highest BCUT2D eigenvalue weighted by Crippen LogP contribution is 2.22. The van der Waals surface area contributed by atoms with Crippen molar-refractivity contribution in [3.63, 3.8) is 0 Å². The quantitative estimate of drug-likeness (QED) is 0.786. The van der Waals surface area contributed by atoms with Crippen LogP contribution in [0.25, 0.3) is 0 Å². The van der Waals surface area contributed by atoms with Crippen LogP contribution in [0.5, 0.6) is 0 Å². The van der Waals surface area contributed by atoms with Gasteiger partial charge < -0.3 is 9.32 Å². The lowest BCUT2D eigenvalue weighted by Crippen LogP contribution is -2.49. The van der Waals surface area contributed by atoms with Crippen LogP contribution < -0.4 is 10.9 Å². The Morgan fingerprint density at radius 2 is 2.15 bits per heavy atom. The van der Waals surface area contributed by atoms with Crippen molar-refractivity contribution in [2.75, 3.05) is 13.1 Å². The van der Waals surface area contributed by atoms with Crippen molar-refractivity contribution in [3.05, 3.63) is 45.5 Å². The summed E-state index contributed by atoms with van der Waals surface area (Å²) < 4.78 is 4.95. The molecule has 7 nitrogen and oxygen atoms in total. The van der Waals surface area contributed by atoms with E-state index >= 15 is 0 Å². The second-order valence-corrected chi connectivity index (χ2v) is 7.75. The fourth-order valence-electron chi connectivity index (χ4n) is 3.21. The van der Waals surface area contributed by atoms with Gasteiger partial charge in [0.1, 0.15) is 6.26 Å². The number of aryl methyl sites for hydroxylation is 2. The van der Waals surface area contributed by atoms with Crippen LogP contribution >= 0.6 is 11.3 Å². The van der Waals surface area contributed by atoms with E-state index in [1.807, 2.05) is 19.9 Å². The highest BCUT2D eigenvalue weighted by atomic mass is 32.1. The topological polar surface area (TPSA) is 91.7 Å². The standard InChI is InChI=1S/C19H23N3O4S/c1-3-15-12(2)9-16(27-15)18(24)21-20-17(23)13-5-4-7-22(10-13)19(25)14-6-8-26-11-14/h6,8-9,11,13H,3-5,7,10H2,1-2H3,(H,20,23)(H,21,24)/t13-/m0/s1. The number of carbonyl (C=O) groups is 3. The Kier molecular flexibility index (Phi) is 5.95. The van der Waals surface area contributed by atoms with Crippen molar-refractivity contribution in [3.8, 4) is 0 Å². The molecule has 1 fully saturated rings. The van der Waals surface area contributed by atoms with Crippen LogP contribution in [0.1, 0.15) is 50.2 Å². The molecule has 0 saturated carbocycles. The second-order valence-electron chi connectivity index (χ2n) is 6.62. The van der Waals surface area contributed by atoms with E-state index in [-0.39, 0.29) is 23.6 Å². The summed E-state index contributed by atoms with van der Waals surface area (Å²) in [5, 5.41) is 0. The Labute approximate surface area is 161 Å². The number of nitrogens with one attached hydrogen (secondary N) is 2. The highest BCUT2D eigenvalue weighted by molar-refractivity contribution is 7.14. The minimum atomic E-state index is -0.355. The molecule has 1 aliphatic heterocycles. The van der Waals surface area contributed by atoms with Gasteiger partial charge in [-0.25, -0.2) is 0 Å². The molecule has 3 heterocycles. The van der Waals surface area contributed by atoms with Gasteiger partial charge in [0.15, 0.2) is 0 Å². The Bertz CT molecular complexity index is 828. The Hall–Kier alpha value is -2.61. The molecule has 144 valence electrons. The molecular formula is C19H23N3O4S. The fourth-order valence-corrected chi connectivity index (χ4v) is 4.22. The summed E-state index contributed by atoms with van der Waals surface area (Å²) in [6.45, 7) is 4.94. The molecule has 2 N–H and O–H groups in total. The van der Waals surface area contributed by atoms with Crippen LogP contribution in [-0.4, -0.2) is 35.7 Å². The third kappa shape index (κ3) is 4.39. The zero-order valence-corrected chi connectivity index (χ0v) is 16.2. The number of likely N-dealkylation sites (tertiary alicyclic amines) is 1. The molecule has 0 unspecified atom stereocenters. The van der Waals surface area contributed by atoms with Gasteiger partial charge >= 0.3 is 0 Å². The lowest BCUT2D eigenvalue weighted by Gasteiger charge is -2.31. The van der Waals surface area contributed by atoms with E-state index in [2.05, 4.69) is 10.9 Å². The van der Waals surface area contributed by atoms with Gasteiger partial charge in [0.2, 0.25) is 5.91 Å². The maximum Gasteiger partial charge on any atom is 0.279 e. The summed E-state index contributed by atoms with van der Waals surface area (Å²) in [4.78, 5) is 40.5. The number of carbonyl (C=O) groups excluding carboxylic acids is 3. The lowest BCUT2D eigenvalue weighted by atomic mass is 9.97. The lowest BCUT2D eigenvalue weighted by molar-refractivity contribution is -0.127. The average Bonchev–Trinajstić information content (AvgIpc) is 3.35. The number of piperidine rings is 1. The van der Waals surface area contributed by atoms with E-state index in [4.69, 9.17) is 4.42 Å². The van der Waals surface area contributed by atoms with Gasteiger partial charge in [0.25, 0.3) is 11.8 Å². The van der Waals surface area contributed by atoms with Crippen molar-refractivity contribution in [1.82, 2.24) is 15.8 Å². The van der Waals surface area contributed by atoms with Gasteiger partial charge in [-0.2, -0.15) is 0 Å². The molecule has 3 amide bonds. The molecular weight excluding hydrogens is 366 g/mol. The van der Waals surface area contributed by atoms with Crippen molar-refractivity contribution < 1.29 is 18.8 Å². The zero-order valence-electron chi connectivity index (χ0n) is 15.4. The molecule has 8 heteroatoms. The van der Waals surface area contributed by atoms with Crippen LogP contribution in [0.4, 0.5) is 0 Å². The Morgan fingerprint density at radius 3 is 2.81 bits per heavy atom. The largest absolute Gasteiger partial charge is 0.472 e. The van der Waals surface area contributed by atoms with E-state index in [0.29, 0.717) is 30.0 Å². The van der Waals surface area contributed by atoms with Crippen LogP contribution in [0.3, 0.4) is 0 Å². The number of nitrogens with zero attached hydrogens (tertiary/aromatic N) is 1. The number of rotatable bonds is 4. The van der Waals surface area contributed by atoms with Crippen molar-refractivity contribution in [1.29, 1.82) is 0 Å². The first-order valence-electron chi connectivity index (χ1n) is 9.00. The van der Waals surface area contributed by atoms with E-state index in [1.54, 1.807) is 11.0 Å². The maximum atomic E-state index is 12.4. The van der Waals surface area contributed by atoms with Crippen LogP contribution in [0.15, 0.2) is 29.1 Å². The monoisotopic (exact) mass is 389 g/mol. The molecule has 27 heavy (non-hydrogen) atoms. The first kappa shape index (κ1) is 19.2. The van der Waals surface area contributed by atoms with Gasteiger partial charge in [-0.3, -0.25) is 25.2 Å². The van der Waals surface area contributed by atoms with Gasteiger partial charge in [0.05, 0.1) is 22.6 Å². The summed E-state index contributed by atoms with van der Waals surface area (Å²) >= 11 is 1.43. The van der Waals surface area contributed by atoms with Gasteiger partial charge in [-0.05, 0) is 43.9 Å². The maximum absolute atomic E-state index is 12.4. The van der Waals surface area contributed by atoms with Crippen LogP contribution in [-0.2, 0) is 11.2 Å². The molecule has 1 atom stereocenters. The van der Waals surface area contributed by atoms with E-state index in [1.165, 1.54) is 23.9 Å². The molecule has 0 spiro atoms. The third-order valence-electron chi connectivity index (χ3n) is 4.71. The van der Waals surface area contributed by atoms with Crippen molar-refractivity contribution in [2.45, 2.75) is 33.1 Å². The summed E-state index contributed by atoms with van der Waals surface area (Å²) in [6.07, 6.45) is 5.14. The molecule has 0 aliphatic carbocycles. The number of hydrogen-bond acceptors (Lipinski definition) is 5. The van der Waals surface area contributed by atoms with Gasteiger partial charge in [0, 0.05) is 18.0 Å². The molecule has 0 radical (unpaired) electrons. The number of thiophene rings is 1. The van der Waals surface area contributed by atoms with Crippen LogP contribution in [0.2, 0.25) is 0 Å². The summed E-state index contributed by atoms with van der Waals surface area (Å²) in [5.74, 6) is -1.10. The van der Waals surface area contributed by atoms with Crippen molar-refractivity contribution >= 4 is 29.1 Å². The number of hydrogen-bond donors (Lipinski definition) is 2. The normalized spacial score (nSPS) is 16.8. The third-order valence-corrected chi connectivity index (χ3v) is 6.09. The average molecular weight is 389 g/mol. The fraction of sp³-hybridized carbons (Fsp3) is 0.421. The summed E-state index contributed by atoms with van der Waals surface area (Å²) in [7, 11) is 0. The van der Waals surface area contributed by atoms with E-state index < -0.39 is 0 Å². The smallest absolute Gasteiger partial charge is 0.279 e. The molecule has 1 saturated heterocycles. The first-order valence-corrected chi connectivity index (χ1v) is 9.82. The highest BCUT2D eigenvalue weighted by Gasteiger charge is 2.29. The predicted molar refractivity (Wildman–Crippen MR) is 101 cm³/mol. The molecule has 3 rings (SSSR count). The molecule has 2 aromatic heterocycles. The number of amides is 3.